The molecule has 3 heterocycles. The molecule has 90 valence electrons. The fraction of sp³-hybridized carbons (Fsp3) is 0.143. The zero-order valence-electron chi connectivity index (χ0n) is 9.93. The van der Waals surface area contributed by atoms with Crippen LogP contribution in [0.5, 0.6) is 0 Å². The summed E-state index contributed by atoms with van der Waals surface area (Å²) in [5.74, 6) is 0.0844. The van der Waals surface area contributed by atoms with Gasteiger partial charge in [-0.1, -0.05) is 6.92 Å². The van der Waals surface area contributed by atoms with Gasteiger partial charge in [0.2, 0.25) is 5.78 Å². The highest BCUT2D eigenvalue weighted by molar-refractivity contribution is 7.12. The largest absolute Gasteiger partial charge is 0.345 e. The number of aromatic amines is 1. The minimum atomic E-state index is 0.0844. The molecule has 0 saturated carbocycles. The Bertz CT molecular complexity index is 711. The van der Waals surface area contributed by atoms with E-state index < -0.39 is 0 Å². The summed E-state index contributed by atoms with van der Waals surface area (Å²) in [5, 5.41) is 2.86. The molecule has 0 aliphatic carbocycles. The van der Waals surface area contributed by atoms with Crippen LogP contribution >= 0.6 is 11.3 Å². The second-order valence-corrected chi connectivity index (χ2v) is 4.98. The van der Waals surface area contributed by atoms with Crippen LogP contribution in [0, 0.1) is 0 Å². The SMILES string of the molecule is CCc1ccsc1C(=O)c1c[nH]c2ncccc12. The Kier molecular flexibility index (Phi) is 2.72. The Hall–Kier alpha value is -1.94. The van der Waals surface area contributed by atoms with Crippen molar-refractivity contribution in [1.82, 2.24) is 9.97 Å². The summed E-state index contributed by atoms with van der Waals surface area (Å²) in [5.41, 5.74) is 2.58. The maximum absolute atomic E-state index is 12.5. The molecule has 18 heavy (non-hydrogen) atoms. The van der Waals surface area contributed by atoms with E-state index in [1.165, 1.54) is 11.3 Å². The van der Waals surface area contributed by atoms with Crippen LogP contribution in [0.3, 0.4) is 0 Å². The summed E-state index contributed by atoms with van der Waals surface area (Å²) in [6, 6.07) is 5.79. The van der Waals surface area contributed by atoms with Crippen molar-refractivity contribution in [2.24, 2.45) is 0 Å². The number of aromatic nitrogens is 2. The zero-order valence-corrected chi connectivity index (χ0v) is 10.8. The third-order valence-corrected chi connectivity index (χ3v) is 3.99. The van der Waals surface area contributed by atoms with E-state index in [4.69, 9.17) is 0 Å². The highest BCUT2D eigenvalue weighted by Crippen LogP contribution is 2.25. The van der Waals surface area contributed by atoms with Gasteiger partial charge in [-0.15, -0.1) is 11.3 Å². The van der Waals surface area contributed by atoms with E-state index in [-0.39, 0.29) is 5.78 Å². The molecular formula is C14H12N2OS. The van der Waals surface area contributed by atoms with Crippen LogP contribution in [0.1, 0.15) is 27.7 Å². The number of nitrogens with zero attached hydrogens (tertiary/aromatic N) is 1. The first-order valence-corrected chi connectivity index (χ1v) is 6.72. The molecule has 0 amide bonds. The van der Waals surface area contributed by atoms with Crippen molar-refractivity contribution in [2.75, 3.05) is 0 Å². The summed E-state index contributed by atoms with van der Waals surface area (Å²) < 4.78 is 0. The van der Waals surface area contributed by atoms with Gasteiger partial charge in [0.05, 0.1) is 10.4 Å². The molecule has 0 spiro atoms. The van der Waals surface area contributed by atoms with Gasteiger partial charge < -0.3 is 4.98 Å². The van der Waals surface area contributed by atoms with Crippen molar-refractivity contribution in [3.05, 3.63) is 52.0 Å². The molecule has 3 rings (SSSR count). The van der Waals surface area contributed by atoms with E-state index in [2.05, 4.69) is 16.9 Å². The molecule has 0 aromatic carbocycles. The predicted octanol–water partition coefficient (Wildman–Crippen LogP) is 3.42. The summed E-state index contributed by atoms with van der Waals surface area (Å²) in [6.45, 7) is 2.07. The first-order valence-electron chi connectivity index (χ1n) is 5.84. The lowest BCUT2D eigenvalue weighted by atomic mass is 10.1. The second-order valence-electron chi connectivity index (χ2n) is 4.06. The van der Waals surface area contributed by atoms with Gasteiger partial charge in [-0.3, -0.25) is 4.79 Å². The normalized spacial score (nSPS) is 10.9. The van der Waals surface area contributed by atoms with Crippen molar-refractivity contribution in [1.29, 1.82) is 0 Å². The number of rotatable bonds is 3. The average Bonchev–Trinajstić information content (AvgIpc) is 3.04. The minimum absolute atomic E-state index is 0.0844. The lowest BCUT2D eigenvalue weighted by Crippen LogP contribution is -2.00. The van der Waals surface area contributed by atoms with Gasteiger partial charge >= 0.3 is 0 Å². The molecule has 4 heteroatoms. The third-order valence-electron chi connectivity index (χ3n) is 3.03. The third kappa shape index (κ3) is 1.66. The van der Waals surface area contributed by atoms with E-state index in [1.807, 2.05) is 23.6 Å². The van der Waals surface area contributed by atoms with Crippen LogP contribution in [0.4, 0.5) is 0 Å². The first-order chi connectivity index (χ1) is 8.81. The minimum Gasteiger partial charge on any atom is -0.345 e. The number of fused-ring (bicyclic) bond motifs is 1. The molecule has 1 N–H and O–H groups in total. The van der Waals surface area contributed by atoms with Crippen molar-refractivity contribution in [2.45, 2.75) is 13.3 Å². The molecule has 3 aromatic rings. The molecule has 0 radical (unpaired) electrons. The van der Waals surface area contributed by atoms with Crippen molar-refractivity contribution in [3.8, 4) is 0 Å². The van der Waals surface area contributed by atoms with Gasteiger partial charge in [0.25, 0.3) is 0 Å². The van der Waals surface area contributed by atoms with Crippen LogP contribution in [-0.4, -0.2) is 15.8 Å². The lowest BCUT2D eigenvalue weighted by molar-refractivity contribution is 0.104. The number of pyridine rings is 1. The van der Waals surface area contributed by atoms with Crippen LogP contribution in [0.2, 0.25) is 0 Å². The van der Waals surface area contributed by atoms with E-state index in [1.54, 1.807) is 12.4 Å². The van der Waals surface area contributed by atoms with Crippen LogP contribution in [0.25, 0.3) is 11.0 Å². The van der Waals surface area contributed by atoms with Gasteiger partial charge in [0, 0.05) is 17.8 Å². The fourth-order valence-corrected chi connectivity index (χ4v) is 3.03. The van der Waals surface area contributed by atoms with Crippen molar-refractivity contribution >= 4 is 28.2 Å². The van der Waals surface area contributed by atoms with Gasteiger partial charge in [0.15, 0.2) is 0 Å². The van der Waals surface area contributed by atoms with Gasteiger partial charge in [-0.05, 0) is 35.6 Å². The maximum atomic E-state index is 12.5. The van der Waals surface area contributed by atoms with E-state index in [0.29, 0.717) is 5.56 Å². The number of carbonyl (C=O) groups is 1. The summed E-state index contributed by atoms with van der Waals surface area (Å²) in [7, 11) is 0. The van der Waals surface area contributed by atoms with Crippen LogP contribution in [-0.2, 0) is 6.42 Å². The number of H-pyrrole nitrogens is 1. The number of thiophene rings is 1. The maximum Gasteiger partial charge on any atom is 0.205 e. The molecule has 0 aliphatic heterocycles. The van der Waals surface area contributed by atoms with E-state index in [0.717, 1.165) is 27.9 Å². The Morgan fingerprint density at radius 2 is 2.33 bits per heavy atom. The molecule has 3 aromatic heterocycles. The molecule has 0 fully saturated rings. The average molecular weight is 256 g/mol. The zero-order chi connectivity index (χ0) is 12.5. The molecule has 0 atom stereocenters. The molecule has 0 unspecified atom stereocenters. The molecule has 3 nitrogen and oxygen atoms in total. The first kappa shape index (κ1) is 11.2. The van der Waals surface area contributed by atoms with E-state index in [9.17, 15) is 4.79 Å². The Balaban J connectivity index is 2.13. The van der Waals surface area contributed by atoms with Crippen molar-refractivity contribution < 1.29 is 4.79 Å². The summed E-state index contributed by atoms with van der Waals surface area (Å²) >= 11 is 1.51. The summed E-state index contributed by atoms with van der Waals surface area (Å²) in [6.07, 6.45) is 4.35. The number of ketones is 1. The molecule has 0 aliphatic rings. The Morgan fingerprint density at radius 3 is 3.17 bits per heavy atom. The molecule has 0 saturated heterocycles. The fourth-order valence-electron chi connectivity index (χ4n) is 2.08. The molecular weight excluding hydrogens is 244 g/mol. The quantitative estimate of drug-likeness (QED) is 0.730. The predicted molar refractivity (Wildman–Crippen MR) is 73.2 cm³/mol. The standard InChI is InChI=1S/C14H12N2OS/c1-2-9-5-7-18-13(9)12(17)11-8-16-14-10(11)4-3-6-15-14/h3-8H,2H2,1H3,(H,15,16). The number of hydrogen-bond donors (Lipinski definition) is 1. The number of hydrogen-bond acceptors (Lipinski definition) is 3. The number of nitrogens with one attached hydrogen (secondary N) is 1. The topological polar surface area (TPSA) is 45.8 Å². The highest BCUT2D eigenvalue weighted by Gasteiger charge is 2.18. The second kappa shape index (κ2) is 4.38. The van der Waals surface area contributed by atoms with Gasteiger partial charge in [-0.25, -0.2) is 4.98 Å². The highest BCUT2D eigenvalue weighted by atomic mass is 32.1. The Morgan fingerprint density at radius 1 is 1.44 bits per heavy atom. The van der Waals surface area contributed by atoms with Crippen LogP contribution in [0.15, 0.2) is 36.0 Å². The monoisotopic (exact) mass is 256 g/mol. The van der Waals surface area contributed by atoms with Crippen LogP contribution < -0.4 is 0 Å². The number of carbonyl (C=O) groups excluding carboxylic acids is 1. The smallest absolute Gasteiger partial charge is 0.205 e. The van der Waals surface area contributed by atoms with E-state index >= 15 is 0 Å². The Labute approximate surface area is 108 Å². The van der Waals surface area contributed by atoms with Crippen molar-refractivity contribution in [3.63, 3.8) is 0 Å². The number of aryl methyl sites for hydroxylation is 1. The van der Waals surface area contributed by atoms with Gasteiger partial charge in [-0.2, -0.15) is 0 Å². The molecule has 0 bridgehead atoms. The summed E-state index contributed by atoms with van der Waals surface area (Å²) in [4.78, 5) is 20.6. The van der Waals surface area contributed by atoms with Gasteiger partial charge in [0.1, 0.15) is 5.65 Å². The lowest BCUT2D eigenvalue weighted by Gasteiger charge is -1.99.